The molecule has 2 heterocycles. The molecule has 1 aromatic rings. The summed E-state index contributed by atoms with van der Waals surface area (Å²) >= 11 is 0. The molecule has 2 aliphatic rings. The van der Waals surface area contributed by atoms with Crippen molar-refractivity contribution in [2.75, 3.05) is 38.4 Å². The van der Waals surface area contributed by atoms with Gasteiger partial charge in [0.15, 0.2) is 23.4 Å². The van der Waals surface area contributed by atoms with E-state index in [1.807, 2.05) is 6.07 Å². The summed E-state index contributed by atoms with van der Waals surface area (Å²) in [6.07, 6.45) is 6.12. The van der Waals surface area contributed by atoms with Crippen molar-refractivity contribution in [1.29, 1.82) is 0 Å². The Hall–Kier alpha value is -3.04. The van der Waals surface area contributed by atoms with Crippen LogP contribution in [0.4, 0.5) is 0 Å². The Morgan fingerprint density at radius 2 is 1.98 bits per heavy atom. The SMILES string of the molecule is COc1cc2cc(c1O)CN1C[C@@H](CC1=O)[C@@H](CCN=C(N)N)CNC(N)=NCSSCCCCCC[C@H](O)C[C@@H](OC(C)=O)CC2. The molecule has 4 bridgehead atoms. The lowest BCUT2D eigenvalue weighted by Crippen LogP contribution is -2.38. The van der Waals surface area contributed by atoms with Gasteiger partial charge in [-0.2, -0.15) is 0 Å². The third-order valence-corrected chi connectivity index (χ3v) is 10.7. The van der Waals surface area contributed by atoms with Gasteiger partial charge in [-0.05, 0) is 55.6 Å². The average Bonchev–Trinajstić information content (AvgIpc) is 3.38. The van der Waals surface area contributed by atoms with Gasteiger partial charge in [-0.15, -0.1) is 0 Å². The second-order valence-corrected chi connectivity index (χ2v) is 14.8. The van der Waals surface area contributed by atoms with E-state index in [0.717, 1.165) is 37.0 Å². The normalized spacial score (nSPS) is 24.4. The minimum atomic E-state index is -0.567. The van der Waals surface area contributed by atoms with Crippen LogP contribution in [0.2, 0.25) is 0 Å². The number of hydrogen-bond acceptors (Lipinski definition) is 12. The topological polar surface area (TPSA) is 211 Å². The summed E-state index contributed by atoms with van der Waals surface area (Å²) in [4.78, 5) is 35.5. The number of nitrogens with one attached hydrogen (secondary N) is 1. The summed E-state index contributed by atoms with van der Waals surface area (Å²) in [7, 11) is 4.91. The Morgan fingerprint density at radius 3 is 2.72 bits per heavy atom. The van der Waals surface area contributed by atoms with Crippen LogP contribution in [0, 0.1) is 11.8 Å². The molecule has 15 heteroatoms. The molecule has 1 saturated heterocycles. The Bertz CT molecular complexity index is 1220. The van der Waals surface area contributed by atoms with E-state index in [0.29, 0.717) is 81.3 Å². The number of ether oxygens (including phenoxy) is 2. The summed E-state index contributed by atoms with van der Waals surface area (Å²) in [6, 6.07) is 3.63. The average molecular weight is 696 g/mol. The van der Waals surface area contributed by atoms with E-state index in [1.165, 1.54) is 14.0 Å². The van der Waals surface area contributed by atoms with Crippen LogP contribution in [0.25, 0.3) is 0 Å². The van der Waals surface area contributed by atoms with Gasteiger partial charge in [-0.1, -0.05) is 46.9 Å². The molecule has 0 aromatic heterocycles. The van der Waals surface area contributed by atoms with E-state index in [-0.39, 0.29) is 42.0 Å². The fourth-order valence-electron chi connectivity index (χ4n) is 6.08. The number of fused-ring (bicyclic) bond motifs is 4. The number of rotatable bonds is 5. The fourth-order valence-corrected chi connectivity index (χ4v) is 7.87. The summed E-state index contributed by atoms with van der Waals surface area (Å²) in [6.45, 7) is 3.03. The molecule has 2 aliphatic heterocycles. The molecule has 4 atom stereocenters. The van der Waals surface area contributed by atoms with Gasteiger partial charge < -0.3 is 47.1 Å². The van der Waals surface area contributed by atoms with E-state index >= 15 is 0 Å². The zero-order valence-corrected chi connectivity index (χ0v) is 29.3. The first-order valence-corrected chi connectivity index (χ1v) is 18.9. The maximum Gasteiger partial charge on any atom is 0.302 e. The van der Waals surface area contributed by atoms with Crippen molar-refractivity contribution in [3.63, 3.8) is 0 Å². The monoisotopic (exact) mass is 695 g/mol. The van der Waals surface area contributed by atoms with Gasteiger partial charge in [-0.25, -0.2) is 4.99 Å². The number of methoxy groups -OCH3 is 1. The third kappa shape index (κ3) is 13.9. The van der Waals surface area contributed by atoms with Crippen LogP contribution in [0.5, 0.6) is 11.5 Å². The van der Waals surface area contributed by atoms with Crippen LogP contribution in [-0.2, 0) is 27.3 Å². The number of carbonyl (C=O) groups excluding carboxylic acids is 2. The van der Waals surface area contributed by atoms with Crippen molar-refractivity contribution in [3.05, 3.63) is 23.3 Å². The lowest BCUT2D eigenvalue weighted by atomic mass is 9.88. The molecular weight excluding hydrogens is 643 g/mol. The van der Waals surface area contributed by atoms with E-state index in [9.17, 15) is 19.8 Å². The molecule has 3 rings (SSSR count). The first-order chi connectivity index (χ1) is 22.5. The molecule has 47 heavy (non-hydrogen) atoms. The molecule has 1 amide bonds. The van der Waals surface area contributed by atoms with Gasteiger partial charge in [0, 0.05) is 57.3 Å². The van der Waals surface area contributed by atoms with Crippen LogP contribution in [0.1, 0.15) is 75.8 Å². The number of carbonyl (C=O) groups is 2. The number of esters is 1. The number of guanidine groups is 2. The van der Waals surface area contributed by atoms with Gasteiger partial charge in [-0.3, -0.25) is 14.6 Å². The number of aromatic hydroxyl groups is 1. The Morgan fingerprint density at radius 1 is 1.19 bits per heavy atom. The Kier molecular flexibility index (Phi) is 16.6. The molecule has 264 valence electrons. The number of aryl methyl sites for hydroxylation is 1. The number of amides is 1. The van der Waals surface area contributed by atoms with E-state index in [2.05, 4.69) is 15.3 Å². The van der Waals surface area contributed by atoms with Crippen LogP contribution >= 0.6 is 21.6 Å². The minimum absolute atomic E-state index is 0.0121. The van der Waals surface area contributed by atoms with Crippen molar-refractivity contribution in [1.82, 2.24) is 10.2 Å². The van der Waals surface area contributed by atoms with Crippen molar-refractivity contribution >= 4 is 45.4 Å². The summed E-state index contributed by atoms with van der Waals surface area (Å²) in [5, 5.41) is 25.0. The van der Waals surface area contributed by atoms with Gasteiger partial charge in [0.25, 0.3) is 0 Å². The van der Waals surface area contributed by atoms with Gasteiger partial charge in [0.05, 0.1) is 19.1 Å². The predicted octanol–water partition coefficient (Wildman–Crippen LogP) is 2.85. The Balaban J connectivity index is 1.82. The predicted molar refractivity (Wildman–Crippen MR) is 189 cm³/mol. The maximum atomic E-state index is 13.3. The maximum absolute atomic E-state index is 13.3. The number of aliphatic imine (C=N–C) groups is 2. The summed E-state index contributed by atoms with van der Waals surface area (Å²) in [5.41, 5.74) is 18.7. The second-order valence-electron chi connectivity index (χ2n) is 12.3. The zero-order valence-electron chi connectivity index (χ0n) is 27.7. The number of aliphatic hydroxyl groups excluding tert-OH is 1. The molecule has 0 saturated carbocycles. The number of phenols is 1. The van der Waals surface area contributed by atoms with Crippen LogP contribution < -0.4 is 27.3 Å². The number of aliphatic hydroxyl groups is 1. The lowest BCUT2D eigenvalue weighted by molar-refractivity contribution is -0.148. The standard InChI is InChI=1S/C32H53N7O6S2/c1-21(40)45-27-9-8-22-13-25(30(43)28(14-22)44-2)19-39-18-24(15-29(39)42)23(10-11-36-31(33)34)17-37-32(35)38-20-47-46-12-6-4-3-5-7-26(41)16-27/h13-14,23-24,26-27,41,43H,3-12,15-20H2,1-2H3,(H4,33,34,36)(H3,35,37,38)/t23-,24+,26-,27-/m0/s1. The fraction of sp³-hybridized carbons (Fsp3) is 0.688. The van der Waals surface area contributed by atoms with Gasteiger partial charge in [0.2, 0.25) is 5.91 Å². The van der Waals surface area contributed by atoms with Crippen molar-refractivity contribution < 1.29 is 29.3 Å². The molecule has 13 nitrogen and oxygen atoms in total. The quantitative estimate of drug-likeness (QED) is 0.114. The van der Waals surface area contributed by atoms with Crippen molar-refractivity contribution in [2.24, 2.45) is 39.0 Å². The molecule has 0 unspecified atom stereocenters. The smallest absolute Gasteiger partial charge is 0.302 e. The number of hydrogen-bond donors (Lipinski definition) is 6. The van der Waals surface area contributed by atoms with Crippen molar-refractivity contribution in [2.45, 2.75) is 89.9 Å². The number of benzene rings is 1. The van der Waals surface area contributed by atoms with Crippen LogP contribution in [0.15, 0.2) is 22.1 Å². The highest BCUT2D eigenvalue weighted by molar-refractivity contribution is 8.76. The summed E-state index contributed by atoms with van der Waals surface area (Å²) in [5.74, 6) is 1.87. The minimum Gasteiger partial charge on any atom is -0.504 e. The van der Waals surface area contributed by atoms with E-state index in [1.54, 1.807) is 32.6 Å². The highest BCUT2D eigenvalue weighted by Gasteiger charge is 2.35. The van der Waals surface area contributed by atoms with Gasteiger partial charge >= 0.3 is 5.97 Å². The van der Waals surface area contributed by atoms with E-state index in [4.69, 9.17) is 26.7 Å². The first kappa shape index (κ1) is 38.4. The summed E-state index contributed by atoms with van der Waals surface area (Å²) < 4.78 is 11.1. The van der Waals surface area contributed by atoms with Crippen LogP contribution in [-0.4, -0.2) is 89.5 Å². The van der Waals surface area contributed by atoms with Crippen LogP contribution in [0.3, 0.4) is 0 Å². The molecule has 1 aromatic carbocycles. The molecule has 0 aliphatic carbocycles. The number of phenolic OH excluding ortho intramolecular Hbond substituents is 1. The number of nitrogens with zero attached hydrogens (tertiary/aromatic N) is 3. The highest BCUT2D eigenvalue weighted by Crippen LogP contribution is 2.36. The van der Waals surface area contributed by atoms with Crippen molar-refractivity contribution in [3.8, 4) is 11.5 Å². The number of nitrogens with two attached hydrogens (primary N) is 3. The largest absolute Gasteiger partial charge is 0.504 e. The molecular formula is C32H53N7O6S2. The highest BCUT2D eigenvalue weighted by atomic mass is 33.1. The first-order valence-electron chi connectivity index (χ1n) is 16.4. The third-order valence-electron chi connectivity index (χ3n) is 8.55. The molecule has 0 spiro atoms. The molecule has 0 radical (unpaired) electrons. The molecule has 1 fully saturated rings. The molecule has 9 N–H and O–H groups in total. The Labute approximate surface area is 286 Å². The van der Waals surface area contributed by atoms with E-state index < -0.39 is 12.2 Å². The lowest BCUT2D eigenvalue weighted by Gasteiger charge is -2.24. The zero-order chi connectivity index (χ0) is 34.2. The second kappa shape index (κ2) is 20.4. The van der Waals surface area contributed by atoms with Gasteiger partial charge in [0.1, 0.15) is 6.10 Å².